The molecule has 8 heteroatoms. The number of ether oxygens (including phenoxy) is 1. The van der Waals surface area contributed by atoms with Crippen LogP contribution in [0.1, 0.15) is 84.5 Å². The van der Waals surface area contributed by atoms with E-state index in [1.807, 2.05) is 19.1 Å². The van der Waals surface area contributed by atoms with E-state index in [1.165, 1.54) is 6.08 Å². The number of carbonyl (C=O) groups is 1. The van der Waals surface area contributed by atoms with Crippen LogP contribution in [0.15, 0.2) is 48.6 Å². The van der Waals surface area contributed by atoms with E-state index < -0.39 is 29.9 Å². The lowest BCUT2D eigenvalue weighted by molar-refractivity contribution is -0.143. The fourth-order valence-corrected chi connectivity index (χ4v) is 5.68. The van der Waals surface area contributed by atoms with Crippen molar-refractivity contribution in [1.29, 1.82) is 0 Å². The van der Waals surface area contributed by atoms with Crippen LogP contribution in [-0.2, 0) is 14.1 Å². The third-order valence-electron chi connectivity index (χ3n) is 7.66. The van der Waals surface area contributed by atoms with Crippen molar-refractivity contribution < 1.29 is 29.4 Å². The minimum atomic E-state index is -1.47. The molecule has 216 valence electrons. The molecular formula is C30H50NO6P. The first-order valence-corrected chi connectivity index (χ1v) is 14.8. The first kappa shape index (κ1) is 32.9. The van der Waals surface area contributed by atoms with Gasteiger partial charge in [0.05, 0.1) is 18.3 Å². The zero-order valence-electron chi connectivity index (χ0n) is 23.2. The van der Waals surface area contributed by atoms with Crippen LogP contribution >= 0.6 is 9.47 Å². The zero-order valence-corrected chi connectivity index (χ0v) is 24.3. The summed E-state index contributed by atoms with van der Waals surface area (Å²) in [6, 6.07) is -0.254. The highest BCUT2D eigenvalue weighted by Crippen LogP contribution is 2.30. The maximum atomic E-state index is 11.8. The number of aliphatic hydroxyl groups is 3. The van der Waals surface area contributed by atoms with Crippen LogP contribution in [0.25, 0.3) is 0 Å². The fourth-order valence-electron chi connectivity index (χ4n) is 5.33. The van der Waals surface area contributed by atoms with E-state index in [2.05, 4.69) is 22.5 Å². The molecule has 0 aromatic carbocycles. The predicted molar refractivity (Wildman–Crippen MR) is 155 cm³/mol. The minimum Gasteiger partial charge on any atom is -0.454 e. The molecule has 2 aliphatic rings. The normalized spacial score (nSPS) is 28.6. The van der Waals surface area contributed by atoms with Gasteiger partial charge in [-0.3, -0.25) is 0 Å². The van der Waals surface area contributed by atoms with Gasteiger partial charge in [0.15, 0.2) is 0 Å². The number of rotatable bonds is 16. The fraction of sp³-hybridized carbons (Fsp3) is 0.700. The van der Waals surface area contributed by atoms with Crippen LogP contribution in [0.5, 0.6) is 0 Å². The highest BCUT2D eigenvalue weighted by molar-refractivity contribution is 7.09. The van der Waals surface area contributed by atoms with Crippen LogP contribution in [0, 0.1) is 11.8 Å². The maximum Gasteiger partial charge on any atom is 0.331 e. The summed E-state index contributed by atoms with van der Waals surface area (Å²) < 4.78 is 11.1. The first-order chi connectivity index (χ1) is 18.2. The van der Waals surface area contributed by atoms with Crippen LogP contribution in [0.2, 0.25) is 0 Å². The lowest BCUT2D eigenvalue weighted by Crippen LogP contribution is -2.47. The van der Waals surface area contributed by atoms with Crippen molar-refractivity contribution in [2.75, 3.05) is 0 Å². The van der Waals surface area contributed by atoms with Crippen molar-refractivity contribution in [3.63, 3.8) is 0 Å². The Labute approximate surface area is 231 Å². The highest BCUT2D eigenvalue weighted by atomic mass is 31.0. The molecule has 0 aromatic rings. The van der Waals surface area contributed by atoms with Gasteiger partial charge in [0.2, 0.25) is 0 Å². The molecule has 0 amide bonds. The van der Waals surface area contributed by atoms with Crippen LogP contribution in [0.4, 0.5) is 0 Å². The van der Waals surface area contributed by atoms with E-state index in [4.69, 9.17) is 15.0 Å². The Morgan fingerprint density at radius 1 is 1.26 bits per heavy atom. The Hall–Kier alpha value is -1.34. The van der Waals surface area contributed by atoms with Crippen molar-refractivity contribution in [3.8, 4) is 0 Å². The molecule has 7 nitrogen and oxygen atoms in total. The monoisotopic (exact) mass is 551 g/mol. The van der Waals surface area contributed by atoms with Gasteiger partial charge in [0.25, 0.3) is 0 Å². The van der Waals surface area contributed by atoms with E-state index in [9.17, 15) is 20.1 Å². The third kappa shape index (κ3) is 11.4. The second kappa shape index (κ2) is 17.4. The molecule has 1 saturated carbocycles. The average Bonchev–Trinajstić information content (AvgIpc) is 2.89. The molecule has 9 unspecified atom stereocenters. The van der Waals surface area contributed by atoms with Crippen LogP contribution in [-0.4, -0.2) is 57.3 Å². The molecule has 0 aromatic heterocycles. The smallest absolute Gasteiger partial charge is 0.331 e. The van der Waals surface area contributed by atoms with E-state index in [0.29, 0.717) is 5.92 Å². The topological polar surface area (TPSA) is 122 Å². The number of cyclic esters (lactones) is 1. The van der Waals surface area contributed by atoms with Gasteiger partial charge in [-0.2, -0.15) is 0 Å². The second-order valence-corrected chi connectivity index (χ2v) is 11.2. The van der Waals surface area contributed by atoms with Crippen molar-refractivity contribution >= 4 is 15.4 Å². The molecule has 0 saturated heterocycles. The minimum absolute atomic E-state index is 0.0207. The molecule has 2 rings (SSSR count). The van der Waals surface area contributed by atoms with Crippen molar-refractivity contribution in [1.82, 2.24) is 0 Å². The van der Waals surface area contributed by atoms with Gasteiger partial charge in [-0.05, 0) is 50.5 Å². The summed E-state index contributed by atoms with van der Waals surface area (Å²) in [5.74, 6) is -0.0319. The third-order valence-corrected chi connectivity index (χ3v) is 7.99. The van der Waals surface area contributed by atoms with Gasteiger partial charge in [-0.15, -0.1) is 0 Å². The SMILES string of the molecule is CCCCCC(N)CC(O)(C=CC1OC(=O)C=CC1CC)C(CC(O)C=CC=CC1CCCC(O)C1)OP. The largest absolute Gasteiger partial charge is 0.454 e. The maximum absolute atomic E-state index is 11.8. The van der Waals surface area contributed by atoms with E-state index >= 15 is 0 Å². The number of esters is 1. The molecule has 1 fully saturated rings. The number of hydrogen-bond donors (Lipinski definition) is 4. The van der Waals surface area contributed by atoms with Gasteiger partial charge >= 0.3 is 5.97 Å². The van der Waals surface area contributed by atoms with Crippen LogP contribution < -0.4 is 5.73 Å². The highest BCUT2D eigenvalue weighted by Gasteiger charge is 2.38. The van der Waals surface area contributed by atoms with Crippen molar-refractivity contribution in [2.24, 2.45) is 17.6 Å². The van der Waals surface area contributed by atoms with Crippen LogP contribution in [0.3, 0.4) is 0 Å². The lowest BCUT2D eigenvalue weighted by atomic mass is 9.83. The van der Waals surface area contributed by atoms with Gasteiger partial charge < -0.3 is 30.3 Å². The summed E-state index contributed by atoms with van der Waals surface area (Å²) in [4.78, 5) is 11.8. The number of unbranched alkanes of at least 4 members (excludes halogenated alkanes) is 2. The summed E-state index contributed by atoms with van der Waals surface area (Å²) in [5.41, 5.74) is 4.96. The Morgan fingerprint density at radius 2 is 2.05 bits per heavy atom. The second-order valence-electron chi connectivity index (χ2n) is 10.9. The Kier molecular flexibility index (Phi) is 15.0. The van der Waals surface area contributed by atoms with Gasteiger partial charge in [0.1, 0.15) is 11.7 Å². The molecular weight excluding hydrogens is 501 g/mol. The molecule has 38 heavy (non-hydrogen) atoms. The standard InChI is InChI=1S/C30H50NO6P/c1-3-5-6-12-24(31)21-30(35,18-17-27-23(4-2)15-16-29(34)36-27)28(37-38)20-26(33)13-8-7-10-22-11-9-14-25(32)19-22/h7-8,10,13,15-18,22-28,32-33,35H,3-6,9,11-12,14,19-21,31,38H2,1-2H3. The van der Waals surface area contributed by atoms with Crippen molar-refractivity contribution in [2.45, 2.75) is 121 Å². The predicted octanol–water partition coefficient (Wildman–Crippen LogP) is 4.67. The quantitative estimate of drug-likeness (QED) is 0.0723. The lowest BCUT2D eigenvalue weighted by Gasteiger charge is -2.36. The average molecular weight is 552 g/mol. The molecule has 1 heterocycles. The number of allylic oxidation sites excluding steroid dienone is 3. The first-order valence-electron chi connectivity index (χ1n) is 14.3. The summed E-state index contributed by atoms with van der Waals surface area (Å²) in [5, 5.41) is 32.4. The number of carbonyl (C=O) groups excluding carboxylic acids is 1. The summed E-state index contributed by atoms with van der Waals surface area (Å²) >= 11 is 0. The molecule has 9 atom stereocenters. The summed E-state index contributed by atoms with van der Waals surface area (Å²) in [7, 11) is 2.21. The molecule has 1 aliphatic carbocycles. The summed E-state index contributed by atoms with van der Waals surface area (Å²) in [6.45, 7) is 4.16. The number of aliphatic hydroxyl groups excluding tert-OH is 2. The van der Waals surface area contributed by atoms with E-state index in [-0.39, 0.29) is 30.9 Å². The molecule has 0 spiro atoms. The Morgan fingerprint density at radius 3 is 2.74 bits per heavy atom. The Bertz CT molecular complexity index is 815. The van der Waals surface area contributed by atoms with Gasteiger partial charge in [0, 0.05) is 33.9 Å². The van der Waals surface area contributed by atoms with E-state index in [0.717, 1.165) is 57.8 Å². The Balaban J connectivity index is 2.12. The summed E-state index contributed by atoms with van der Waals surface area (Å²) in [6.07, 6.45) is 20.6. The van der Waals surface area contributed by atoms with Gasteiger partial charge in [-0.25, -0.2) is 4.79 Å². The van der Waals surface area contributed by atoms with E-state index in [1.54, 1.807) is 24.3 Å². The molecule has 5 N–H and O–H groups in total. The number of nitrogens with two attached hydrogens (primary N) is 1. The molecule has 1 aliphatic heterocycles. The molecule has 0 radical (unpaired) electrons. The van der Waals surface area contributed by atoms with Crippen molar-refractivity contribution in [3.05, 3.63) is 48.6 Å². The molecule has 0 bridgehead atoms. The van der Waals surface area contributed by atoms with Gasteiger partial charge in [-0.1, -0.05) is 76.0 Å². The number of hydrogen-bond acceptors (Lipinski definition) is 7. The zero-order chi connectivity index (χ0) is 28.0.